The molecule has 4 unspecified atom stereocenters. The maximum Gasteiger partial charge on any atom is 0.0224 e. The Bertz CT molecular complexity index is 311. The Labute approximate surface area is 132 Å². The quantitative estimate of drug-likeness (QED) is 0.767. The molecule has 0 aromatic carbocycles. The second kappa shape index (κ2) is 7.46. The number of hydrogen-bond acceptors (Lipinski definition) is 2. The van der Waals surface area contributed by atoms with Gasteiger partial charge in [0, 0.05) is 31.2 Å². The molecule has 2 heteroatoms. The molecule has 0 radical (unpaired) electrons. The molecule has 0 spiro atoms. The normalized spacial score (nSPS) is 40.9. The van der Waals surface area contributed by atoms with E-state index < -0.39 is 0 Å². The molecule has 2 aliphatic carbocycles. The van der Waals surface area contributed by atoms with E-state index in [1.165, 1.54) is 77.3 Å². The molecule has 122 valence electrons. The summed E-state index contributed by atoms with van der Waals surface area (Å²) in [5, 5.41) is 3.90. The van der Waals surface area contributed by atoms with Gasteiger partial charge in [0.05, 0.1) is 0 Å². The second-order valence-corrected chi connectivity index (χ2v) is 8.14. The molecule has 4 atom stereocenters. The van der Waals surface area contributed by atoms with Crippen LogP contribution in [-0.4, -0.2) is 36.1 Å². The lowest BCUT2D eigenvalue weighted by molar-refractivity contribution is 0.0403. The summed E-state index contributed by atoms with van der Waals surface area (Å²) in [6.45, 7) is 7.49. The Morgan fingerprint density at radius 2 is 1.48 bits per heavy atom. The lowest BCUT2D eigenvalue weighted by Gasteiger charge is -2.47. The van der Waals surface area contributed by atoms with E-state index in [1.807, 2.05) is 0 Å². The van der Waals surface area contributed by atoms with Crippen molar-refractivity contribution in [1.82, 2.24) is 10.2 Å². The summed E-state index contributed by atoms with van der Waals surface area (Å²) in [4.78, 5) is 2.91. The lowest BCUT2D eigenvalue weighted by Crippen LogP contribution is -2.61. The molecule has 3 rings (SSSR count). The molecular formula is C19H36N2. The average Bonchev–Trinajstić information content (AvgIpc) is 2.73. The fourth-order valence-electron chi connectivity index (χ4n) is 5.19. The highest BCUT2D eigenvalue weighted by atomic mass is 15.3. The van der Waals surface area contributed by atoms with E-state index in [-0.39, 0.29) is 0 Å². The summed E-state index contributed by atoms with van der Waals surface area (Å²) in [6.07, 6.45) is 14.6. The van der Waals surface area contributed by atoms with Crippen molar-refractivity contribution in [3.63, 3.8) is 0 Å². The van der Waals surface area contributed by atoms with Crippen molar-refractivity contribution < 1.29 is 0 Å². The molecule has 0 aromatic rings. The van der Waals surface area contributed by atoms with Crippen LogP contribution < -0.4 is 5.32 Å². The number of nitrogens with zero attached hydrogens (tertiary/aromatic N) is 1. The summed E-state index contributed by atoms with van der Waals surface area (Å²) < 4.78 is 0. The number of hydrogen-bond donors (Lipinski definition) is 1. The monoisotopic (exact) mass is 292 g/mol. The SMILES string of the molecule is CC1CCCCCC1N1CC(C2CCCCC2)NCC1C. The number of nitrogens with one attached hydrogen (secondary N) is 1. The first kappa shape index (κ1) is 15.8. The molecule has 21 heavy (non-hydrogen) atoms. The Hall–Kier alpha value is -0.0800. The molecule has 1 N–H and O–H groups in total. The van der Waals surface area contributed by atoms with Gasteiger partial charge in [-0.05, 0) is 44.4 Å². The van der Waals surface area contributed by atoms with Crippen LogP contribution in [0, 0.1) is 11.8 Å². The summed E-state index contributed by atoms with van der Waals surface area (Å²) in [5.41, 5.74) is 0. The van der Waals surface area contributed by atoms with Gasteiger partial charge >= 0.3 is 0 Å². The van der Waals surface area contributed by atoms with Crippen molar-refractivity contribution in [3.05, 3.63) is 0 Å². The maximum absolute atomic E-state index is 3.90. The van der Waals surface area contributed by atoms with Gasteiger partial charge in [0.2, 0.25) is 0 Å². The largest absolute Gasteiger partial charge is 0.311 e. The Kier molecular flexibility index (Phi) is 5.61. The fourth-order valence-corrected chi connectivity index (χ4v) is 5.19. The fraction of sp³-hybridized carbons (Fsp3) is 1.00. The van der Waals surface area contributed by atoms with Crippen molar-refractivity contribution in [3.8, 4) is 0 Å². The molecule has 2 nitrogen and oxygen atoms in total. The molecule has 2 saturated carbocycles. The van der Waals surface area contributed by atoms with Crippen LogP contribution in [0.25, 0.3) is 0 Å². The van der Waals surface area contributed by atoms with Crippen molar-refractivity contribution >= 4 is 0 Å². The van der Waals surface area contributed by atoms with E-state index in [4.69, 9.17) is 0 Å². The lowest BCUT2D eigenvalue weighted by atomic mass is 9.82. The molecule has 3 aliphatic rings. The third-order valence-corrected chi connectivity index (χ3v) is 6.61. The van der Waals surface area contributed by atoms with Gasteiger partial charge in [-0.2, -0.15) is 0 Å². The van der Waals surface area contributed by atoms with Gasteiger partial charge in [0.15, 0.2) is 0 Å². The maximum atomic E-state index is 3.90. The van der Waals surface area contributed by atoms with Crippen LogP contribution >= 0.6 is 0 Å². The number of piperazine rings is 1. The summed E-state index contributed by atoms with van der Waals surface area (Å²) in [7, 11) is 0. The Balaban J connectivity index is 1.64. The van der Waals surface area contributed by atoms with Gasteiger partial charge in [-0.15, -0.1) is 0 Å². The van der Waals surface area contributed by atoms with Crippen LogP contribution in [-0.2, 0) is 0 Å². The van der Waals surface area contributed by atoms with Crippen LogP contribution in [0.4, 0.5) is 0 Å². The predicted molar refractivity (Wildman–Crippen MR) is 90.6 cm³/mol. The van der Waals surface area contributed by atoms with Gasteiger partial charge in [-0.1, -0.05) is 45.4 Å². The summed E-state index contributed by atoms with van der Waals surface area (Å²) >= 11 is 0. The predicted octanol–water partition coefficient (Wildman–Crippen LogP) is 4.20. The Morgan fingerprint density at radius 3 is 2.24 bits per heavy atom. The highest BCUT2D eigenvalue weighted by Gasteiger charge is 2.36. The van der Waals surface area contributed by atoms with Gasteiger partial charge in [0.1, 0.15) is 0 Å². The highest BCUT2D eigenvalue weighted by Crippen LogP contribution is 2.32. The molecule has 3 fully saturated rings. The second-order valence-electron chi connectivity index (χ2n) is 8.14. The van der Waals surface area contributed by atoms with Crippen molar-refractivity contribution in [1.29, 1.82) is 0 Å². The minimum atomic E-state index is 0.732. The minimum Gasteiger partial charge on any atom is -0.311 e. The molecule has 1 saturated heterocycles. The van der Waals surface area contributed by atoms with Crippen molar-refractivity contribution in [2.45, 2.75) is 96.2 Å². The zero-order valence-electron chi connectivity index (χ0n) is 14.3. The summed E-state index contributed by atoms with van der Waals surface area (Å²) in [5.74, 6) is 1.86. The van der Waals surface area contributed by atoms with Crippen molar-refractivity contribution in [2.24, 2.45) is 11.8 Å². The third-order valence-electron chi connectivity index (χ3n) is 6.61. The van der Waals surface area contributed by atoms with Crippen molar-refractivity contribution in [2.75, 3.05) is 13.1 Å². The minimum absolute atomic E-state index is 0.732. The van der Waals surface area contributed by atoms with E-state index in [0.29, 0.717) is 0 Å². The first-order valence-corrected chi connectivity index (χ1v) is 9.75. The van der Waals surface area contributed by atoms with E-state index >= 15 is 0 Å². The first-order valence-electron chi connectivity index (χ1n) is 9.75. The van der Waals surface area contributed by atoms with Crippen LogP contribution in [0.15, 0.2) is 0 Å². The van der Waals surface area contributed by atoms with Crippen LogP contribution in [0.2, 0.25) is 0 Å². The standard InChI is InChI=1S/C19H36N2/c1-15-9-5-3-8-12-19(15)21-14-18(20-13-16(21)2)17-10-6-4-7-11-17/h15-20H,3-14H2,1-2H3. The smallest absolute Gasteiger partial charge is 0.0224 e. The zero-order valence-corrected chi connectivity index (χ0v) is 14.3. The Morgan fingerprint density at radius 1 is 0.810 bits per heavy atom. The molecule has 0 bridgehead atoms. The first-order chi connectivity index (χ1) is 10.3. The topological polar surface area (TPSA) is 15.3 Å². The number of rotatable bonds is 2. The zero-order chi connectivity index (χ0) is 14.7. The highest BCUT2D eigenvalue weighted by molar-refractivity contribution is 4.93. The van der Waals surface area contributed by atoms with Crippen LogP contribution in [0.1, 0.15) is 78.1 Å². The summed E-state index contributed by atoms with van der Waals surface area (Å²) in [6, 6.07) is 2.36. The molecular weight excluding hydrogens is 256 g/mol. The average molecular weight is 293 g/mol. The molecule has 1 aliphatic heterocycles. The van der Waals surface area contributed by atoms with Gasteiger partial charge < -0.3 is 5.32 Å². The van der Waals surface area contributed by atoms with E-state index in [1.54, 1.807) is 0 Å². The molecule has 1 heterocycles. The van der Waals surface area contributed by atoms with E-state index in [0.717, 1.165) is 30.0 Å². The van der Waals surface area contributed by atoms with E-state index in [2.05, 4.69) is 24.1 Å². The van der Waals surface area contributed by atoms with Gasteiger partial charge in [0.25, 0.3) is 0 Å². The van der Waals surface area contributed by atoms with Crippen LogP contribution in [0.3, 0.4) is 0 Å². The molecule has 0 aromatic heterocycles. The van der Waals surface area contributed by atoms with Gasteiger partial charge in [-0.25, -0.2) is 0 Å². The third kappa shape index (κ3) is 3.82. The van der Waals surface area contributed by atoms with Gasteiger partial charge in [-0.3, -0.25) is 4.90 Å². The molecule has 0 amide bonds. The van der Waals surface area contributed by atoms with E-state index in [9.17, 15) is 0 Å². The van der Waals surface area contributed by atoms with Crippen LogP contribution in [0.5, 0.6) is 0 Å².